The van der Waals surface area contributed by atoms with Gasteiger partial charge in [0, 0.05) is 12.3 Å². The number of hydrogen-bond acceptors (Lipinski definition) is 5. The van der Waals surface area contributed by atoms with E-state index in [9.17, 15) is 9.59 Å². The van der Waals surface area contributed by atoms with Gasteiger partial charge in [-0.2, -0.15) is 0 Å². The van der Waals surface area contributed by atoms with E-state index in [2.05, 4.69) is 15.3 Å². The monoisotopic (exact) mass is 309 g/mol. The Kier molecular flexibility index (Phi) is 3.29. The van der Waals surface area contributed by atoms with Gasteiger partial charge in [0.25, 0.3) is 0 Å². The lowest BCUT2D eigenvalue weighted by molar-refractivity contribution is -0.123. The molecule has 0 spiro atoms. The van der Waals surface area contributed by atoms with E-state index in [1.807, 2.05) is 30.3 Å². The number of rotatable bonds is 4. The first-order chi connectivity index (χ1) is 11.2. The lowest BCUT2D eigenvalue weighted by Gasteiger charge is -2.07. The van der Waals surface area contributed by atoms with Crippen molar-refractivity contribution in [3.05, 3.63) is 42.7 Å². The van der Waals surface area contributed by atoms with Crippen LogP contribution in [-0.4, -0.2) is 21.7 Å². The Morgan fingerprint density at radius 1 is 1.13 bits per heavy atom. The number of amides is 1. The molecule has 0 radical (unpaired) electrons. The number of hydrogen-bond donors (Lipinski definition) is 1. The second kappa shape index (κ2) is 5.46. The van der Waals surface area contributed by atoms with Crippen molar-refractivity contribution in [2.45, 2.75) is 12.8 Å². The van der Waals surface area contributed by atoms with E-state index < -0.39 is 0 Å². The zero-order valence-corrected chi connectivity index (χ0v) is 12.3. The van der Waals surface area contributed by atoms with Gasteiger partial charge in [-0.1, -0.05) is 18.2 Å². The Balaban J connectivity index is 1.37. The van der Waals surface area contributed by atoms with Gasteiger partial charge in [0.2, 0.25) is 11.9 Å². The largest absolute Gasteiger partial charge is 0.454 e. The van der Waals surface area contributed by atoms with E-state index in [1.165, 1.54) is 12.4 Å². The number of ketones is 1. The zero-order chi connectivity index (χ0) is 15.8. The average Bonchev–Trinajstić information content (AvgIpc) is 3.19. The molecule has 2 saturated carbocycles. The number of nitrogens with zero attached hydrogens (tertiary/aromatic N) is 2. The summed E-state index contributed by atoms with van der Waals surface area (Å²) in [4.78, 5) is 31.9. The molecule has 2 aliphatic carbocycles. The van der Waals surface area contributed by atoms with E-state index in [0.717, 1.165) is 6.42 Å². The first-order valence-corrected chi connectivity index (χ1v) is 7.61. The SMILES string of the molecule is O=C1CCC2C1C2C(=O)Nc1ncc(Oc2ccccc2)cn1. The maximum Gasteiger partial charge on any atom is 0.230 e. The molecule has 2 fully saturated rings. The van der Waals surface area contributed by atoms with Gasteiger partial charge in [-0.05, 0) is 24.5 Å². The molecule has 0 bridgehead atoms. The number of nitrogens with one attached hydrogen (secondary N) is 1. The fraction of sp³-hybridized carbons (Fsp3) is 0.294. The van der Waals surface area contributed by atoms with E-state index in [0.29, 0.717) is 17.9 Å². The van der Waals surface area contributed by atoms with Crippen LogP contribution in [-0.2, 0) is 9.59 Å². The average molecular weight is 309 g/mol. The van der Waals surface area contributed by atoms with Crippen molar-refractivity contribution in [3.63, 3.8) is 0 Å². The molecule has 6 heteroatoms. The molecule has 1 N–H and O–H groups in total. The standard InChI is InChI=1S/C17H15N3O3/c21-13-7-6-12-14(13)15(12)16(22)20-17-18-8-11(9-19-17)23-10-4-2-1-3-5-10/h1-5,8-9,12,14-15H,6-7H2,(H,18,19,20,22). The molecular weight excluding hydrogens is 294 g/mol. The first-order valence-electron chi connectivity index (χ1n) is 7.61. The molecule has 2 aromatic rings. The van der Waals surface area contributed by atoms with E-state index >= 15 is 0 Å². The van der Waals surface area contributed by atoms with Crippen molar-refractivity contribution >= 4 is 17.6 Å². The molecule has 116 valence electrons. The fourth-order valence-electron chi connectivity index (χ4n) is 3.26. The van der Waals surface area contributed by atoms with Gasteiger partial charge >= 0.3 is 0 Å². The van der Waals surface area contributed by atoms with E-state index in [-0.39, 0.29) is 35.4 Å². The van der Waals surface area contributed by atoms with Crippen LogP contribution < -0.4 is 10.1 Å². The minimum absolute atomic E-state index is 0.0734. The molecule has 2 aliphatic rings. The minimum Gasteiger partial charge on any atom is -0.454 e. The Hall–Kier alpha value is -2.76. The van der Waals surface area contributed by atoms with Crippen LogP contribution in [0.4, 0.5) is 5.95 Å². The third-order valence-electron chi connectivity index (χ3n) is 4.41. The summed E-state index contributed by atoms with van der Waals surface area (Å²) in [5.41, 5.74) is 0. The van der Waals surface area contributed by atoms with Crippen molar-refractivity contribution in [1.82, 2.24) is 9.97 Å². The molecular formula is C17H15N3O3. The third kappa shape index (κ3) is 2.67. The van der Waals surface area contributed by atoms with Gasteiger partial charge < -0.3 is 4.74 Å². The van der Waals surface area contributed by atoms with Crippen LogP contribution in [0.15, 0.2) is 42.7 Å². The Morgan fingerprint density at radius 3 is 2.52 bits per heavy atom. The van der Waals surface area contributed by atoms with Crippen molar-refractivity contribution in [2.24, 2.45) is 17.8 Å². The van der Waals surface area contributed by atoms with Crippen molar-refractivity contribution < 1.29 is 14.3 Å². The van der Waals surface area contributed by atoms with Crippen LogP contribution in [0.5, 0.6) is 11.5 Å². The van der Waals surface area contributed by atoms with Crippen molar-refractivity contribution in [3.8, 4) is 11.5 Å². The molecule has 3 atom stereocenters. The number of aromatic nitrogens is 2. The van der Waals surface area contributed by atoms with Crippen LogP contribution in [0.25, 0.3) is 0 Å². The molecule has 0 saturated heterocycles. The van der Waals surface area contributed by atoms with Crippen LogP contribution in [0, 0.1) is 17.8 Å². The molecule has 1 aromatic carbocycles. The summed E-state index contributed by atoms with van der Waals surface area (Å²) < 4.78 is 5.59. The maximum atomic E-state index is 12.1. The molecule has 3 unspecified atom stereocenters. The lowest BCUT2D eigenvalue weighted by Crippen LogP contribution is -2.19. The lowest BCUT2D eigenvalue weighted by atomic mass is 10.1. The fourth-order valence-corrected chi connectivity index (χ4v) is 3.26. The highest BCUT2D eigenvalue weighted by Gasteiger charge is 2.61. The normalized spacial score (nSPS) is 24.9. The van der Waals surface area contributed by atoms with Gasteiger partial charge in [-0.15, -0.1) is 0 Å². The Labute approximate surface area is 132 Å². The highest BCUT2D eigenvalue weighted by Crippen LogP contribution is 2.55. The molecule has 4 rings (SSSR count). The summed E-state index contributed by atoms with van der Waals surface area (Å²) in [5.74, 6) is 1.42. The second-order valence-corrected chi connectivity index (χ2v) is 5.87. The highest BCUT2D eigenvalue weighted by molar-refractivity contribution is 6.01. The van der Waals surface area contributed by atoms with Gasteiger partial charge in [0.1, 0.15) is 11.5 Å². The summed E-state index contributed by atoms with van der Waals surface area (Å²) >= 11 is 0. The Morgan fingerprint density at radius 2 is 1.87 bits per heavy atom. The maximum absolute atomic E-state index is 12.1. The first kappa shape index (κ1) is 13.9. The molecule has 0 aliphatic heterocycles. The summed E-state index contributed by atoms with van der Waals surface area (Å²) in [6, 6.07) is 9.31. The van der Waals surface area contributed by atoms with Crippen LogP contribution >= 0.6 is 0 Å². The van der Waals surface area contributed by atoms with Gasteiger partial charge in [-0.3, -0.25) is 14.9 Å². The van der Waals surface area contributed by atoms with Gasteiger partial charge in [0.15, 0.2) is 5.75 Å². The third-order valence-corrected chi connectivity index (χ3v) is 4.41. The number of ether oxygens (including phenoxy) is 1. The van der Waals surface area contributed by atoms with Crippen molar-refractivity contribution in [2.75, 3.05) is 5.32 Å². The van der Waals surface area contributed by atoms with Gasteiger partial charge in [-0.25, -0.2) is 9.97 Å². The number of para-hydroxylation sites is 1. The quantitative estimate of drug-likeness (QED) is 0.938. The number of carbonyl (C=O) groups is 2. The predicted octanol–water partition coefficient (Wildman–Crippen LogP) is 2.43. The smallest absolute Gasteiger partial charge is 0.230 e. The number of benzene rings is 1. The molecule has 6 nitrogen and oxygen atoms in total. The molecule has 1 aromatic heterocycles. The summed E-state index contributed by atoms with van der Waals surface area (Å²) in [5, 5.41) is 2.68. The molecule has 1 amide bonds. The number of anilines is 1. The number of fused-ring (bicyclic) bond motifs is 1. The number of carbonyl (C=O) groups excluding carboxylic acids is 2. The summed E-state index contributed by atoms with van der Waals surface area (Å²) in [7, 11) is 0. The summed E-state index contributed by atoms with van der Waals surface area (Å²) in [6.07, 6.45) is 4.45. The topological polar surface area (TPSA) is 81.2 Å². The van der Waals surface area contributed by atoms with Gasteiger partial charge in [0.05, 0.1) is 18.3 Å². The minimum atomic E-state index is -0.194. The van der Waals surface area contributed by atoms with E-state index in [1.54, 1.807) is 0 Å². The summed E-state index contributed by atoms with van der Waals surface area (Å²) in [6.45, 7) is 0. The highest BCUT2D eigenvalue weighted by atomic mass is 16.5. The Bertz CT molecular complexity index is 745. The van der Waals surface area contributed by atoms with E-state index in [4.69, 9.17) is 4.74 Å². The predicted molar refractivity (Wildman–Crippen MR) is 81.9 cm³/mol. The second-order valence-electron chi connectivity index (χ2n) is 5.87. The van der Waals surface area contributed by atoms with Crippen LogP contribution in [0.2, 0.25) is 0 Å². The number of Topliss-reactive ketones (excluding diaryl/α,β-unsaturated/α-hetero) is 1. The van der Waals surface area contributed by atoms with Crippen LogP contribution in [0.3, 0.4) is 0 Å². The van der Waals surface area contributed by atoms with Crippen LogP contribution in [0.1, 0.15) is 12.8 Å². The molecule has 1 heterocycles. The van der Waals surface area contributed by atoms with Crippen molar-refractivity contribution in [1.29, 1.82) is 0 Å². The zero-order valence-electron chi connectivity index (χ0n) is 12.3. The molecule has 23 heavy (non-hydrogen) atoms.